The SMILES string of the molecule is CC(C)C[C@H](C(=O)O)c1cc(-c2ccc(C(F)(F)F)cc2)cc(-c2cc(F)cc(F)c2)c1. The van der Waals surface area contributed by atoms with Crippen LogP contribution in [0.4, 0.5) is 22.0 Å². The number of aliphatic carboxylic acids is 1. The quantitative estimate of drug-likeness (QED) is 0.396. The molecule has 0 heterocycles. The zero-order valence-corrected chi connectivity index (χ0v) is 17.4. The van der Waals surface area contributed by atoms with Gasteiger partial charge in [0, 0.05) is 6.07 Å². The van der Waals surface area contributed by atoms with Crippen molar-refractivity contribution in [2.24, 2.45) is 5.92 Å². The second kappa shape index (κ2) is 9.10. The van der Waals surface area contributed by atoms with Gasteiger partial charge in [0.25, 0.3) is 0 Å². The minimum atomic E-state index is -4.49. The molecule has 0 unspecified atom stereocenters. The minimum absolute atomic E-state index is 0.0564. The first-order chi connectivity index (χ1) is 14.9. The molecule has 0 aliphatic carbocycles. The Hall–Kier alpha value is -3.22. The van der Waals surface area contributed by atoms with E-state index in [0.717, 1.165) is 30.3 Å². The molecule has 168 valence electrons. The molecule has 0 saturated carbocycles. The summed E-state index contributed by atoms with van der Waals surface area (Å²) in [5.74, 6) is -3.47. The third-order valence-corrected chi connectivity index (χ3v) is 5.10. The van der Waals surface area contributed by atoms with Crippen LogP contribution in [-0.2, 0) is 11.0 Å². The van der Waals surface area contributed by atoms with Crippen LogP contribution in [-0.4, -0.2) is 11.1 Å². The predicted molar refractivity (Wildman–Crippen MR) is 112 cm³/mol. The van der Waals surface area contributed by atoms with Gasteiger partial charge in [0.15, 0.2) is 0 Å². The highest BCUT2D eigenvalue weighted by atomic mass is 19.4. The van der Waals surface area contributed by atoms with Crippen LogP contribution >= 0.6 is 0 Å². The summed E-state index contributed by atoms with van der Waals surface area (Å²) in [5.41, 5.74) is 1.03. The Balaban J connectivity index is 2.19. The van der Waals surface area contributed by atoms with E-state index in [2.05, 4.69) is 0 Å². The zero-order chi connectivity index (χ0) is 23.6. The number of halogens is 5. The van der Waals surface area contributed by atoms with Gasteiger partial charge in [0.2, 0.25) is 0 Å². The molecule has 0 saturated heterocycles. The Kier molecular flexibility index (Phi) is 6.67. The van der Waals surface area contributed by atoms with Gasteiger partial charge in [0.1, 0.15) is 11.6 Å². The second-order valence-electron chi connectivity index (χ2n) is 8.10. The molecule has 32 heavy (non-hydrogen) atoms. The summed E-state index contributed by atoms with van der Waals surface area (Å²) in [7, 11) is 0. The number of rotatable bonds is 6. The van der Waals surface area contributed by atoms with Crippen molar-refractivity contribution < 1.29 is 31.9 Å². The number of carboxylic acids is 1. The fourth-order valence-electron chi connectivity index (χ4n) is 3.61. The number of carboxylic acid groups (broad SMARTS) is 1. The van der Waals surface area contributed by atoms with Crippen LogP contribution in [0.25, 0.3) is 22.3 Å². The zero-order valence-electron chi connectivity index (χ0n) is 17.4. The molecule has 3 aromatic carbocycles. The van der Waals surface area contributed by atoms with E-state index in [9.17, 15) is 31.9 Å². The van der Waals surface area contributed by atoms with Crippen molar-refractivity contribution in [3.05, 3.63) is 83.4 Å². The third kappa shape index (κ3) is 5.52. The van der Waals surface area contributed by atoms with Crippen molar-refractivity contribution in [3.63, 3.8) is 0 Å². The summed E-state index contributed by atoms with van der Waals surface area (Å²) in [5, 5.41) is 9.77. The lowest BCUT2D eigenvalue weighted by Crippen LogP contribution is -2.14. The van der Waals surface area contributed by atoms with E-state index in [1.165, 1.54) is 12.1 Å². The summed E-state index contributed by atoms with van der Waals surface area (Å²) >= 11 is 0. The van der Waals surface area contributed by atoms with Gasteiger partial charge in [-0.3, -0.25) is 4.79 Å². The van der Waals surface area contributed by atoms with E-state index in [4.69, 9.17) is 0 Å². The molecule has 3 aromatic rings. The Bertz CT molecular complexity index is 1100. The summed E-state index contributed by atoms with van der Waals surface area (Å²) in [6.45, 7) is 3.75. The first-order valence-electron chi connectivity index (χ1n) is 9.96. The molecule has 0 aliphatic heterocycles. The predicted octanol–water partition coefficient (Wildman–Crippen LogP) is 7.53. The first kappa shape index (κ1) is 23.4. The highest BCUT2D eigenvalue weighted by Gasteiger charge is 2.30. The van der Waals surface area contributed by atoms with Gasteiger partial charge < -0.3 is 5.11 Å². The molecule has 1 N–H and O–H groups in total. The number of benzene rings is 3. The Morgan fingerprint density at radius 2 is 1.31 bits per heavy atom. The topological polar surface area (TPSA) is 37.3 Å². The summed E-state index contributed by atoms with van der Waals surface area (Å²) < 4.78 is 66.4. The number of alkyl halides is 3. The fourth-order valence-corrected chi connectivity index (χ4v) is 3.61. The molecule has 0 aromatic heterocycles. The van der Waals surface area contributed by atoms with Crippen LogP contribution in [0, 0.1) is 17.6 Å². The highest BCUT2D eigenvalue weighted by Crippen LogP contribution is 2.36. The molecule has 3 rings (SSSR count). The van der Waals surface area contributed by atoms with Gasteiger partial charge >= 0.3 is 12.1 Å². The lowest BCUT2D eigenvalue weighted by molar-refractivity contribution is -0.139. The number of hydrogen-bond acceptors (Lipinski definition) is 1. The van der Waals surface area contributed by atoms with Gasteiger partial charge in [-0.05, 0) is 70.5 Å². The van der Waals surface area contributed by atoms with Crippen LogP contribution in [0.5, 0.6) is 0 Å². The Morgan fingerprint density at radius 1 is 0.812 bits per heavy atom. The van der Waals surface area contributed by atoms with Crippen LogP contribution in [0.15, 0.2) is 60.7 Å². The van der Waals surface area contributed by atoms with E-state index in [0.29, 0.717) is 28.7 Å². The van der Waals surface area contributed by atoms with Gasteiger partial charge in [-0.25, -0.2) is 8.78 Å². The maximum absolute atomic E-state index is 13.8. The summed E-state index contributed by atoms with van der Waals surface area (Å²) in [6, 6.07) is 12.2. The molecule has 0 aliphatic rings. The van der Waals surface area contributed by atoms with Gasteiger partial charge in [0.05, 0.1) is 11.5 Å². The molecular weight excluding hydrogens is 427 g/mol. The van der Waals surface area contributed by atoms with E-state index in [1.807, 2.05) is 13.8 Å². The largest absolute Gasteiger partial charge is 0.481 e. The molecule has 0 spiro atoms. The van der Waals surface area contributed by atoms with Crippen molar-refractivity contribution in [1.29, 1.82) is 0 Å². The van der Waals surface area contributed by atoms with Crippen molar-refractivity contribution in [2.75, 3.05) is 0 Å². The molecule has 0 radical (unpaired) electrons. The number of hydrogen-bond donors (Lipinski definition) is 1. The van der Waals surface area contributed by atoms with Crippen molar-refractivity contribution in [1.82, 2.24) is 0 Å². The van der Waals surface area contributed by atoms with Crippen molar-refractivity contribution >= 4 is 5.97 Å². The number of carbonyl (C=O) groups is 1. The van der Waals surface area contributed by atoms with Gasteiger partial charge in [-0.2, -0.15) is 13.2 Å². The Labute approximate surface area is 182 Å². The van der Waals surface area contributed by atoms with Gasteiger partial charge in [-0.1, -0.05) is 38.1 Å². The fraction of sp³-hybridized carbons (Fsp3) is 0.240. The smallest absolute Gasteiger partial charge is 0.416 e. The highest BCUT2D eigenvalue weighted by molar-refractivity contribution is 5.80. The maximum atomic E-state index is 13.8. The van der Waals surface area contributed by atoms with E-state index in [-0.39, 0.29) is 11.5 Å². The Morgan fingerprint density at radius 3 is 1.78 bits per heavy atom. The average molecular weight is 448 g/mol. The first-order valence-corrected chi connectivity index (χ1v) is 9.96. The molecule has 0 amide bonds. The second-order valence-corrected chi connectivity index (χ2v) is 8.10. The molecule has 2 nitrogen and oxygen atoms in total. The van der Waals surface area contributed by atoms with Crippen LogP contribution < -0.4 is 0 Å². The standard InChI is InChI=1S/C25H21F5O2/c1-14(2)7-23(24(31)32)19-9-16(15-3-5-20(6-4-15)25(28,29)30)8-17(10-19)18-11-21(26)13-22(27)12-18/h3-6,8-14,23H,7H2,1-2H3,(H,31,32)/t23-/m0/s1. The lowest BCUT2D eigenvalue weighted by atomic mass is 9.86. The summed E-state index contributed by atoms with van der Waals surface area (Å²) in [4.78, 5) is 11.9. The van der Waals surface area contributed by atoms with Crippen LogP contribution in [0.1, 0.15) is 37.3 Å². The monoisotopic (exact) mass is 448 g/mol. The molecule has 7 heteroatoms. The minimum Gasteiger partial charge on any atom is -0.481 e. The average Bonchev–Trinajstić information content (AvgIpc) is 2.70. The maximum Gasteiger partial charge on any atom is 0.416 e. The summed E-state index contributed by atoms with van der Waals surface area (Å²) in [6.07, 6.45) is -4.17. The van der Waals surface area contributed by atoms with Gasteiger partial charge in [-0.15, -0.1) is 0 Å². The van der Waals surface area contributed by atoms with E-state index >= 15 is 0 Å². The normalized spacial score (nSPS) is 12.8. The van der Waals surface area contributed by atoms with Crippen LogP contribution in [0.2, 0.25) is 0 Å². The lowest BCUT2D eigenvalue weighted by Gasteiger charge is -2.18. The van der Waals surface area contributed by atoms with E-state index in [1.54, 1.807) is 18.2 Å². The van der Waals surface area contributed by atoms with E-state index < -0.39 is 35.3 Å². The van der Waals surface area contributed by atoms with Crippen molar-refractivity contribution in [3.8, 4) is 22.3 Å². The molecule has 1 atom stereocenters. The van der Waals surface area contributed by atoms with Crippen molar-refractivity contribution in [2.45, 2.75) is 32.4 Å². The third-order valence-electron chi connectivity index (χ3n) is 5.10. The molecular formula is C25H21F5O2. The van der Waals surface area contributed by atoms with Crippen LogP contribution in [0.3, 0.4) is 0 Å². The molecule has 0 bridgehead atoms. The molecule has 0 fully saturated rings.